The van der Waals surface area contributed by atoms with E-state index in [4.69, 9.17) is 4.74 Å². The average molecular weight is 434 g/mol. The molecule has 23 heavy (non-hydrogen) atoms. The van der Waals surface area contributed by atoms with E-state index in [1.807, 2.05) is 12.1 Å². The molecule has 6 heteroatoms. The number of halogens is 1. The lowest BCUT2D eigenvalue weighted by Gasteiger charge is -2.18. The molecule has 1 heterocycles. The summed E-state index contributed by atoms with van der Waals surface area (Å²) in [4.78, 5) is 8.75. The number of hydrogen-bond donors (Lipinski definition) is 2. The summed E-state index contributed by atoms with van der Waals surface area (Å²) in [5.74, 6) is 2.21. The Hall–Kier alpha value is -1.05. The summed E-state index contributed by atoms with van der Waals surface area (Å²) in [5, 5.41) is 6.76. The van der Waals surface area contributed by atoms with Crippen LogP contribution >= 0.6 is 24.0 Å². The third-order valence-corrected chi connectivity index (χ3v) is 3.33. The van der Waals surface area contributed by atoms with Gasteiger partial charge in [-0.1, -0.05) is 13.8 Å². The predicted octanol–water partition coefficient (Wildman–Crippen LogP) is 3.59. The van der Waals surface area contributed by atoms with E-state index in [0.717, 1.165) is 30.4 Å². The van der Waals surface area contributed by atoms with Crippen molar-refractivity contribution < 1.29 is 4.74 Å². The number of hydrogen-bond acceptors (Lipinski definition) is 3. The number of nitrogens with zero attached hydrogens (tertiary/aromatic N) is 2. The number of nitrogens with one attached hydrogen (secondary N) is 2. The number of pyridine rings is 1. The summed E-state index contributed by atoms with van der Waals surface area (Å²) >= 11 is 0. The van der Waals surface area contributed by atoms with Crippen molar-refractivity contribution in [2.75, 3.05) is 13.7 Å². The maximum atomic E-state index is 5.14. The van der Waals surface area contributed by atoms with E-state index in [1.165, 1.54) is 6.42 Å². The molecule has 0 fully saturated rings. The summed E-state index contributed by atoms with van der Waals surface area (Å²) < 4.78 is 5.14. The standard InChI is InChI=1S/C17H30N4O.HI/c1-6-18-17(21-14(4)8-7-13(2)3)20-12-15-9-10-19-16(11-15)22-5;/h9-11,13-14H,6-8,12H2,1-5H3,(H2,18,20,21);1H. The van der Waals surface area contributed by atoms with Gasteiger partial charge in [0.05, 0.1) is 13.7 Å². The van der Waals surface area contributed by atoms with Crippen LogP contribution in [-0.4, -0.2) is 30.6 Å². The SMILES string of the molecule is CCNC(=NCc1ccnc(OC)c1)NC(C)CCC(C)C.I. The minimum Gasteiger partial charge on any atom is -0.481 e. The van der Waals surface area contributed by atoms with Crippen LogP contribution in [0.1, 0.15) is 46.1 Å². The highest BCUT2D eigenvalue weighted by molar-refractivity contribution is 14.0. The molecule has 0 saturated heterocycles. The second-order valence-electron chi connectivity index (χ2n) is 5.92. The Balaban J connectivity index is 0.00000484. The first kappa shape index (κ1) is 21.9. The van der Waals surface area contributed by atoms with Crippen LogP contribution in [0.15, 0.2) is 23.3 Å². The second-order valence-corrected chi connectivity index (χ2v) is 5.92. The molecule has 1 unspecified atom stereocenters. The highest BCUT2D eigenvalue weighted by atomic mass is 127. The molecule has 0 aliphatic heterocycles. The first-order valence-corrected chi connectivity index (χ1v) is 8.08. The Bertz CT molecular complexity index is 466. The Kier molecular flexibility index (Phi) is 11.8. The summed E-state index contributed by atoms with van der Waals surface area (Å²) in [6.45, 7) is 10.2. The van der Waals surface area contributed by atoms with E-state index >= 15 is 0 Å². The van der Waals surface area contributed by atoms with Crippen molar-refractivity contribution in [2.45, 2.75) is 53.1 Å². The van der Waals surface area contributed by atoms with Gasteiger partial charge in [0.25, 0.3) is 0 Å². The molecule has 0 amide bonds. The van der Waals surface area contributed by atoms with Crippen molar-refractivity contribution in [1.82, 2.24) is 15.6 Å². The van der Waals surface area contributed by atoms with Crippen LogP contribution in [0.5, 0.6) is 5.88 Å². The molecule has 0 saturated carbocycles. The van der Waals surface area contributed by atoms with Gasteiger partial charge < -0.3 is 15.4 Å². The van der Waals surface area contributed by atoms with Crippen LogP contribution in [0.2, 0.25) is 0 Å². The van der Waals surface area contributed by atoms with Gasteiger partial charge in [-0.05, 0) is 44.2 Å². The molecule has 0 aromatic carbocycles. The van der Waals surface area contributed by atoms with Crippen molar-refractivity contribution >= 4 is 29.9 Å². The van der Waals surface area contributed by atoms with Gasteiger partial charge in [-0.15, -0.1) is 24.0 Å². The van der Waals surface area contributed by atoms with Gasteiger partial charge in [-0.3, -0.25) is 0 Å². The van der Waals surface area contributed by atoms with Gasteiger partial charge in [-0.25, -0.2) is 9.98 Å². The summed E-state index contributed by atoms with van der Waals surface area (Å²) in [7, 11) is 1.62. The number of ether oxygens (including phenoxy) is 1. The molecular formula is C17H31IN4O. The number of aliphatic imine (C=N–C) groups is 1. The molecule has 1 rings (SSSR count). The van der Waals surface area contributed by atoms with Gasteiger partial charge in [0, 0.05) is 24.8 Å². The third-order valence-electron chi connectivity index (χ3n) is 3.33. The second kappa shape index (κ2) is 12.4. The molecule has 0 radical (unpaired) electrons. The molecule has 0 aliphatic carbocycles. The van der Waals surface area contributed by atoms with Crippen LogP contribution in [-0.2, 0) is 6.54 Å². The highest BCUT2D eigenvalue weighted by Crippen LogP contribution is 2.10. The van der Waals surface area contributed by atoms with Gasteiger partial charge in [-0.2, -0.15) is 0 Å². The molecule has 0 bridgehead atoms. The predicted molar refractivity (Wildman–Crippen MR) is 108 cm³/mol. The average Bonchev–Trinajstić information content (AvgIpc) is 2.51. The van der Waals surface area contributed by atoms with Crippen molar-refractivity contribution in [3.8, 4) is 5.88 Å². The topological polar surface area (TPSA) is 58.5 Å². The van der Waals surface area contributed by atoms with Gasteiger partial charge in [0.2, 0.25) is 5.88 Å². The molecule has 0 spiro atoms. The Labute approximate surface area is 157 Å². The summed E-state index contributed by atoms with van der Waals surface area (Å²) in [6.07, 6.45) is 4.11. The van der Waals surface area contributed by atoms with Crippen LogP contribution in [0, 0.1) is 5.92 Å². The van der Waals surface area contributed by atoms with E-state index < -0.39 is 0 Å². The lowest BCUT2D eigenvalue weighted by Crippen LogP contribution is -2.42. The monoisotopic (exact) mass is 434 g/mol. The van der Waals surface area contributed by atoms with Gasteiger partial charge >= 0.3 is 0 Å². The molecule has 2 N–H and O–H groups in total. The van der Waals surface area contributed by atoms with Crippen molar-refractivity contribution in [3.05, 3.63) is 23.9 Å². The molecule has 1 atom stereocenters. The zero-order valence-corrected chi connectivity index (χ0v) is 17.3. The Morgan fingerprint density at radius 2 is 2.04 bits per heavy atom. The van der Waals surface area contributed by atoms with Gasteiger partial charge in [0.1, 0.15) is 0 Å². The van der Waals surface area contributed by atoms with E-state index in [1.54, 1.807) is 13.3 Å². The lowest BCUT2D eigenvalue weighted by atomic mass is 10.0. The third kappa shape index (κ3) is 9.63. The fourth-order valence-electron chi connectivity index (χ4n) is 2.04. The number of guanidine groups is 1. The van der Waals surface area contributed by atoms with Crippen molar-refractivity contribution in [1.29, 1.82) is 0 Å². The van der Waals surface area contributed by atoms with E-state index in [0.29, 0.717) is 18.5 Å². The number of rotatable bonds is 8. The number of methoxy groups -OCH3 is 1. The first-order chi connectivity index (χ1) is 10.5. The maximum absolute atomic E-state index is 5.14. The maximum Gasteiger partial charge on any atom is 0.213 e. The van der Waals surface area contributed by atoms with Crippen LogP contribution < -0.4 is 15.4 Å². The minimum atomic E-state index is 0. The molecular weight excluding hydrogens is 403 g/mol. The van der Waals surface area contributed by atoms with Gasteiger partial charge in [0.15, 0.2) is 5.96 Å². The molecule has 1 aromatic rings. The molecule has 5 nitrogen and oxygen atoms in total. The van der Waals surface area contributed by atoms with Crippen LogP contribution in [0.4, 0.5) is 0 Å². The Morgan fingerprint density at radius 3 is 2.65 bits per heavy atom. The zero-order chi connectivity index (χ0) is 16.4. The van der Waals surface area contributed by atoms with Crippen molar-refractivity contribution in [2.24, 2.45) is 10.9 Å². The highest BCUT2D eigenvalue weighted by Gasteiger charge is 2.06. The normalized spacial score (nSPS) is 12.5. The van der Waals surface area contributed by atoms with E-state index in [9.17, 15) is 0 Å². The van der Waals surface area contributed by atoms with E-state index in [-0.39, 0.29) is 24.0 Å². The largest absolute Gasteiger partial charge is 0.481 e. The van der Waals surface area contributed by atoms with Crippen LogP contribution in [0.25, 0.3) is 0 Å². The van der Waals surface area contributed by atoms with Crippen molar-refractivity contribution in [3.63, 3.8) is 0 Å². The quantitative estimate of drug-likeness (QED) is 0.373. The fraction of sp³-hybridized carbons (Fsp3) is 0.647. The van der Waals surface area contributed by atoms with Crippen LogP contribution in [0.3, 0.4) is 0 Å². The first-order valence-electron chi connectivity index (χ1n) is 8.08. The zero-order valence-electron chi connectivity index (χ0n) is 14.9. The lowest BCUT2D eigenvalue weighted by molar-refractivity contribution is 0.397. The fourth-order valence-corrected chi connectivity index (χ4v) is 2.04. The smallest absolute Gasteiger partial charge is 0.213 e. The summed E-state index contributed by atoms with van der Waals surface area (Å²) in [5.41, 5.74) is 1.08. The molecule has 0 aliphatic rings. The Morgan fingerprint density at radius 1 is 1.30 bits per heavy atom. The molecule has 132 valence electrons. The summed E-state index contributed by atoms with van der Waals surface area (Å²) in [6, 6.07) is 4.28. The minimum absolute atomic E-state index is 0. The number of aromatic nitrogens is 1. The molecule has 1 aromatic heterocycles. The van der Waals surface area contributed by atoms with E-state index in [2.05, 4.69) is 48.3 Å².